The highest BCUT2D eigenvalue weighted by atomic mass is 16.6. The molecule has 0 saturated carbocycles. The van der Waals surface area contributed by atoms with Gasteiger partial charge in [-0.25, -0.2) is 0 Å². The molecule has 2 bridgehead atoms. The van der Waals surface area contributed by atoms with Crippen LogP contribution >= 0.6 is 0 Å². The summed E-state index contributed by atoms with van der Waals surface area (Å²) in [5.41, 5.74) is 1.21. The highest BCUT2D eigenvalue weighted by Gasteiger charge is 2.58. The average molecular weight is 379 g/mol. The molecule has 3 aliphatic rings. The van der Waals surface area contributed by atoms with Gasteiger partial charge in [0.1, 0.15) is 11.7 Å². The van der Waals surface area contributed by atoms with E-state index in [-0.39, 0.29) is 36.4 Å². The molecule has 27 heavy (non-hydrogen) atoms. The van der Waals surface area contributed by atoms with Crippen molar-refractivity contribution in [1.29, 1.82) is 0 Å². The van der Waals surface area contributed by atoms with Crippen LogP contribution in [0.1, 0.15) is 53.9 Å². The van der Waals surface area contributed by atoms with Crippen LogP contribution < -0.4 is 0 Å². The fourth-order valence-corrected chi connectivity index (χ4v) is 5.45. The average Bonchev–Trinajstić information content (AvgIpc) is 2.99. The Morgan fingerprint density at radius 2 is 2.07 bits per heavy atom. The molecular formula is C22H34O5. The van der Waals surface area contributed by atoms with Crippen molar-refractivity contribution < 1.29 is 24.5 Å². The third-order valence-electron chi connectivity index (χ3n) is 6.98. The quantitative estimate of drug-likeness (QED) is 0.583. The molecule has 0 radical (unpaired) electrons. The summed E-state index contributed by atoms with van der Waals surface area (Å²) in [5, 5.41) is 21.4. The normalized spacial score (nSPS) is 42.8. The van der Waals surface area contributed by atoms with Gasteiger partial charge >= 0.3 is 5.97 Å². The van der Waals surface area contributed by atoms with Gasteiger partial charge in [-0.15, -0.1) is 0 Å². The molecule has 3 rings (SSSR count). The van der Waals surface area contributed by atoms with Crippen molar-refractivity contribution in [2.75, 3.05) is 6.61 Å². The van der Waals surface area contributed by atoms with Crippen molar-refractivity contribution in [3.8, 4) is 0 Å². The predicted molar refractivity (Wildman–Crippen MR) is 103 cm³/mol. The zero-order valence-corrected chi connectivity index (χ0v) is 17.1. The first-order valence-corrected chi connectivity index (χ1v) is 10.1. The van der Waals surface area contributed by atoms with Gasteiger partial charge in [-0.1, -0.05) is 30.2 Å². The molecule has 1 saturated heterocycles. The van der Waals surface area contributed by atoms with Gasteiger partial charge in [-0.3, -0.25) is 4.79 Å². The van der Waals surface area contributed by atoms with Gasteiger partial charge in [0.2, 0.25) is 0 Å². The summed E-state index contributed by atoms with van der Waals surface area (Å²) in [7, 11) is 0. The van der Waals surface area contributed by atoms with Crippen molar-refractivity contribution in [1.82, 2.24) is 0 Å². The molecule has 2 aliphatic heterocycles. The van der Waals surface area contributed by atoms with Gasteiger partial charge in [0.05, 0.1) is 12.2 Å². The molecule has 0 amide bonds. The summed E-state index contributed by atoms with van der Waals surface area (Å²) < 4.78 is 12.1. The summed E-state index contributed by atoms with van der Waals surface area (Å²) >= 11 is 0. The first-order valence-electron chi connectivity index (χ1n) is 10.1. The first-order chi connectivity index (χ1) is 12.7. The number of carbonyl (C=O) groups is 1. The molecule has 1 aliphatic carbocycles. The maximum atomic E-state index is 11.7. The van der Waals surface area contributed by atoms with Crippen LogP contribution in [-0.4, -0.2) is 46.7 Å². The zero-order chi connectivity index (χ0) is 19.9. The molecule has 8 unspecified atom stereocenters. The molecule has 5 nitrogen and oxygen atoms in total. The van der Waals surface area contributed by atoms with Crippen molar-refractivity contribution in [3.63, 3.8) is 0 Å². The third-order valence-corrected chi connectivity index (χ3v) is 6.98. The molecule has 0 aromatic carbocycles. The lowest BCUT2D eigenvalue weighted by atomic mass is 9.62. The minimum Gasteiger partial charge on any atom is -0.459 e. The Morgan fingerprint density at radius 1 is 1.37 bits per heavy atom. The second-order valence-electron chi connectivity index (χ2n) is 9.02. The first kappa shape index (κ1) is 20.6. The van der Waals surface area contributed by atoms with Gasteiger partial charge < -0.3 is 19.7 Å². The molecule has 152 valence electrons. The van der Waals surface area contributed by atoms with E-state index in [1.54, 1.807) is 6.92 Å². The molecule has 1 fully saturated rings. The number of carbonyl (C=O) groups excluding carboxylic acids is 1. The minimum atomic E-state index is -1.30. The van der Waals surface area contributed by atoms with E-state index in [1.165, 1.54) is 18.1 Å². The lowest BCUT2D eigenvalue weighted by molar-refractivity contribution is -0.188. The van der Waals surface area contributed by atoms with Crippen molar-refractivity contribution >= 4 is 5.97 Å². The maximum Gasteiger partial charge on any atom is 0.303 e. The van der Waals surface area contributed by atoms with Crippen LogP contribution in [0, 0.1) is 23.7 Å². The molecule has 5 heteroatoms. The van der Waals surface area contributed by atoms with E-state index in [9.17, 15) is 15.0 Å². The number of hydrogen-bond acceptors (Lipinski definition) is 5. The smallest absolute Gasteiger partial charge is 0.303 e. The molecule has 2 heterocycles. The number of fused-ring (bicyclic) bond motifs is 5. The van der Waals surface area contributed by atoms with E-state index >= 15 is 0 Å². The monoisotopic (exact) mass is 378 g/mol. The second kappa shape index (κ2) is 7.69. The Hall–Kier alpha value is -1.17. The number of allylic oxidation sites excluding steroid dienone is 1. The number of rotatable bonds is 3. The number of hydrogen-bond donors (Lipinski definition) is 2. The summed E-state index contributed by atoms with van der Waals surface area (Å²) in [6.07, 6.45) is 5.44. The van der Waals surface area contributed by atoms with E-state index in [1.807, 2.05) is 0 Å². The Labute approximate surface area is 162 Å². The zero-order valence-electron chi connectivity index (χ0n) is 17.1. The molecule has 8 atom stereocenters. The van der Waals surface area contributed by atoms with Crippen LogP contribution in [-0.2, 0) is 14.3 Å². The number of esters is 1. The molecule has 0 aromatic heterocycles. The molecule has 2 N–H and O–H groups in total. The van der Waals surface area contributed by atoms with Gasteiger partial charge in [0.15, 0.2) is 0 Å². The number of aliphatic hydroxyl groups excluding tert-OH is 1. The highest BCUT2D eigenvalue weighted by Crippen LogP contribution is 2.53. The Kier molecular flexibility index (Phi) is 5.85. The lowest BCUT2D eigenvalue weighted by Gasteiger charge is -2.44. The van der Waals surface area contributed by atoms with E-state index in [4.69, 9.17) is 9.47 Å². The van der Waals surface area contributed by atoms with Crippen LogP contribution in [0.25, 0.3) is 0 Å². The van der Waals surface area contributed by atoms with Crippen molar-refractivity contribution in [3.05, 3.63) is 23.3 Å². The second-order valence-corrected chi connectivity index (χ2v) is 9.02. The summed E-state index contributed by atoms with van der Waals surface area (Å²) in [6.45, 7) is 9.53. The SMILES string of the molecule is CC(=O)OC1CC=C(C)CC2OC(C3C(C(C)CO)CC=C(C)C23)C1(C)O. The fraction of sp³-hybridized carbons (Fsp3) is 0.773. The fourth-order valence-electron chi connectivity index (χ4n) is 5.45. The van der Waals surface area contributed by atoms with Crippen LogP contribution in [0.5, 0.6) is 0 Å². The van der Waals surface area contributed by atoms with Crippen LogP contribution in [0.2, 0.25) is 0 Å². The largest absolute Gasteiger partial charge is 0.459 e. The van der Waals surface area contributed by atoms with Gasteiger partial charge in [0.25, 0.3) is 0 Å². The van der Waals surface area contributed by atoms with Gasteiger partial charge in [0, 0.05) is 31.8 Å². The van der Waals surface area contributed by atoms with Crippen LogP contribution in [0.15, 0.2) is 23.3 Å². The van der Waals surface area contributed by atoms with Crippen LogP contribution in [0.4, 0.5) is 0 Å². The van der Waals surface area contributed by atoms with E-state index in [0.29, 0.717) is 6.42 Å². The number of aliphatic hydroxyl groups is 2. The van der Waals surface area contributed by atoms with E-state index in [2.05, 4.69) is 32.9 Å². The topological polar surface area (TPSA) is 76.0 Å². The lowest BCUT2D eigenvalue weighted by Crippen LogP contribution is -2.55. The number of ether oxygens (including phenoxy) is 2. The van der Waals surface area contributed by atoms with Crippen LogP contribution in [0.3, 0.4) is 0 Å². The molecule has 0 spiro atoms. The van der Waals surface area contributed by atoms with Crippen molar-refractivity contribution in [2.45, 2.75) is 77.8 Å². The third kappa shape index (κ3) is 3.74. The van der Waals surface area contributed by atoms with Gasteiger partial charge in [-0.05, 0) is 45.4 Å². The molecule has 0 aromatic rings. The highest BCUT2D eigenvalue weighted by molar-refractivity contribution is 5.66. The van der Waals surface area contributed by atoms with E-state index in [0.717, 1.165) is 12.8 Å². The maximum absolute atomic E-state index is 11.7. The van der Waals surface area contributed by atoms with Crippen molar-refractivity contribution in [2.24, 2.45) is 23.7 Å². The Morgan fingerprint density at radius 3 is 2.70 bits per heavy atom. The standard InChI is InChI=1S/C22H34O5/c1-12-6-9-18(26-15(4)24)22(5,25)21-20-16(14(3)11-23)8-7-13(2)19(20)17(10-12)27-21/h6-7,14,16-21,23,25H,8-11H2,1-5H3. The summed E-state index contributed by atoms with van der Waals surface area (Å²) in [4.78, 5) is 11.7. The Balaban J connectivity index is 2.06. The minimum absolute atomic E-state index is 0.00347. The summed E-state index contributed by atoms with van der Waals surface area (Å²) in [6, 6.07) is 0. The van der Waals surface area contributed by atoms with E-state index < -0.39 is 23.8 Å². The summed E-state index contributed by atoms with van der Waals surface area (Å²) in [5.74, 6) is 0.271. The Bertz CT molecular complexity index is 635. The van der Waals surface area contributed by atoms with Gasteiger partial charge in [-0.2, -0.15) is 0 Å². The molecular weight excluding hydrogens is 344 g/mol. The predicted octanol–water partition coefficient (Wildman–Crippen LogP) is 3.00.